The number of pyridine rings is 1. The van der Waals surface area contributed by atoms with Crippen LogP contribution >= 0.6 is 0 Å². The van der Waals surface area contributed by atoms with Gasteiger partial charge in [-0.1, -0.05) is 37.3 Å². The summed E-state index contributed by atoms with van der Waals surface area (Å²) in [6.45, 7) is 2.21. The number of anilines is 2. The minimum atomic E-state index is 0.464. The van der Waals surface area contributed by atoms with E-state index < -0.39 is 0 Å². The Balaban J connectivity index is 2.11. The Hall–Kier alpha value is -2.09. The molecule has 1 aliphatic rings. The van der Waals surface area contributed by atoms with Gasteiger partial charge < -0.3 is 4.90 Å². The molecule has 1 aliphatic heterocycles. The number of allylic oxidation sites excluding steroid dienone is 1. The van der Waals surface area contributed by atoms with Crippen LogP contribution in [0.15, 0.2) is 60.9 Å². The number of aromatic nitrogens is 1. The SMILES string of the molecule is CC1C=CN(c2ccccn2)c2ccccc21. The molecule has 84 valence electrons. The average molecular weight is 222 g/mol. The van der Waals surface area contributed by atoms with Crippen molar-refractivity contribution in [2.45, 2.75) is 12.8 Å². The Kier molecular flexibility index (Phi) is 2.41. The molecule has 2 heteroatoms. The van der Waals surface area contributed by atoms with E-state index in [2.05, 4.69) is 53.3 Å². The number of rotatable bonds is 1. The third-order valence-corrected chi connectivity index (χ3v) is 3.11. The highest BCUT2D eigenvalue weighted by atomic mass is 15.2. The summed E-state index contributed by atoms with van der Waals surface area (Å²) in [6.07, 6.45) is 6.14. The van der Waals surface area contributed by atoms with Crippen molar-refractivity contribution in [3.8, 4) is 0 Å². The van der Waals surface area contributed by atoms with E-state index in [-0.39, 0.29) is 0 Å². The van der Waals surface area contributed by atoms with Crippen LogP contribution in [-0.2, 0) is 0 Å². The third kappa shape index (κ3) is 1.72. The van der Waals surface area contributed by atoms with E-state index in [1.165, 1.54) is 11.3 Å². The highest BCUT2D eigenvalue weighted by molar-refractivity contribution is 5.69. The maximum absolute atomic E-state index is 4.40. The summed E-state index contributed by atoms with van der Waals surface area (Å²) in [6, 6.07) is 14.5. The Morgan fingerprint density at radius 1 is 1.06 bits per heavy atom. The minimum absolute atomic E-state index is 0.464. The van der Waals surface area contributed by atoms with Gasteiger partial charge in [-0.25, -0.2) is 4.98 Å². The fraction of sp³-hybridized carbons (Fsp3) is 0.133. The van der Waals surface area contributed by atoms with Gasteiger partial charge in [-0.2, -0.15) is 0 Å². The molecule has 0 radical (unpaired) electrons. The van der Waals surface area contributed by atoms with Crippen LogP contribution in [0.4, 0.5) is 11.5 Å². The molecule has 0 bridgehead atoms. The van der Waals surface area contributed by atoms with Crippen molar-refractivity contribution in [2.24, 2.45) is 0 Å². The number of para-hydroxylation sites is 1. The standard InChI is InChI=1S/C15H14N2/c1-12-9-11-17(15-8-4-5-10-16-15)14-7-3-2-6-13(12)14/h2-12H,1H3. The maximum atomic E-state index is 4.40. The van der Waals surface area contributed by atoms with Gasteiger partial charge >= 0.3 is 0 Å². The molecule has 1 aromatic carbocycles. The molecule has 2 nitrogen and oxygen atoms in total. The molecule has 3 rings (SSSR count). The van der Waals surface area contributed by atoms with Crippen LogP contribution in [-0.4, -0.2) is 4.98 Å². The van der Waals surface area contributed by atoms with Gasteiger partial charge in [0.1, 0.15) is 5.82 Å². The summed E-state index contributed by atoms with van der Waals surface area (Å²) >= 11 is 0. The minimum Gasteiger partial charge on any atom is -0.302 e. The van der Waals surface area contributed by atoms with Crippen LogP contribution in [0, 0.1) is 0 Å². The smallest absolute Gasteiger partial charge is 0.136 e. The number of nitrogens with zero attached hydrogens (tertiary/aromatic N) is 2. The van der Waals surface area contributed by atoms with Crippen molar-refractivity contribution >= 4 is 11.5 Å². The fourth-order valence-electron chi connectivity index (χ4n) is 2.19. The second-order valence-electron chi connectivity index (χ2n) is 4.25. The van der Waals surface area contributed by atoms with Gasteiger partial charge in [0.25, 0.3) is 0 Å². The Labute approximate surface area is 101 Å². The first-order valence-corrected chi connectivity index (χ1v) is 5.84. The average Bonchev–Trinajstić information content (AvgIpc) is 2.41. The molecule has 1 unspecified atom stereocenters. The van der Waals surface area contributed by atoms with Crippen molar-refractivity contribution in [2.75, 3.05) is 4.90 Å². The Bertz CT molecular complexity index is 546. The molecular formula is C15H14N2. The molecule has 0 saturated carbocycles. The number of hydrogen-bond donors (Lipinski definition) is 0. The zero-order chi connectivity index (χ0) is 11.7. The van der Waals surface area contributed by atoms with Gasteiger partial charge in [-0.15, -0.1) is 0 Å². The second-order valence-corrected chi connectivity index (χ2v) is 4.25. The number of fused-ring (bicyclic) bond motifs is 1. The zero-order valence-electron chi connectivity index (χ0n) is 9.75. The predicted octanol–water partition coefficient (Wildman–Crippen LogP) is 3.85. The molecule has 1 aromatic heterocycles. The molecule has 0 saturated heterocycles. The Morgan fingerprint density at radius 2 is 1.88 bits per heavy atom. The molecule has 0 aliphatic carbocycles. The lowest BCUT2D eigenvalue weighted by molar-refractivity contribution is 0.926. The molecule has 0 spiro atoms. The zero-order valence-corrected chi connectivity index (χ0v) is 9.75. The van der Waals surface area contributed by atoms with Crippen molar-refractivity contribution in [3.63, 3.8) is 0 Å². The summed E-state index contributed by atoms with van der Waals surface area (Å²) in [7, 11) is 0. The fourth-order valence-corrected chi connectivity index (χ4v) is 2.19. The molecule has 0 fully saturated rings. The largest absolute Gasteiger partial charge is 0.302 e. The van der Waals surface area contributed by atoms with E-state index in [0.717, 1.165) is 5.82 Å². The Morgan fingerprint density at radius 3 is 2.71 bits per heavy atom. The maximum Gasteiger partial charge on any atom is 0.136 e. The lowest BCUT2D eigenvalue weighted by Gasteiger charge is -2.28. The molecule has 0 amide bonds. The molecular weight excluding hydrogens is 208 g/mol. The number of benzene rings is 1. The van der Waals surface area contributed by atoms with E-state index in [4.69, 9.17) is 0 Å². The van der Waals surface area contributed by atoms with Crippen molar-refractivity contribution in [1.82, 2.24) is 4.98 Å². The van der Waals surface area contributed by atoms with E-state index >= 15 is 0 Å². The van der Waals surface area contributed by atoms with Crippen molar-refractivity contribution in [1.29, 1.82) is 0 Å². The third-order valence-electron chi connectivity index (χ3n) is 3.11. The number of hydrogen-bond acceptors (Lipinski definition) is 2. The lowest BCUT2D eigenvalue weighted by atomic mass is 9.96. The molecule has 1 atom stereocenters. The van der Waals surface area contributed by atoms with Gasteiger partial charge in [0, 0.05) is 18.3 Å². The van der Waals surface area contributed by atoms with Crippen molar-refractivity contribution < 1.29 is 0 Å². The van der Waals surface area contributed by atoms with Gasteiger partial charge in [0.15, 0.2) is 0 Å². The first kappa shape index (κ1) is 10.1. The van der Waals surface area contributed by atoms with Crippen LogP contribution in [0.3, 0.4) is 0 Å². The van der Waals surface area contributed by atoms with Crippen LogP contribution in [0.1, 0.15) is 18.4 Å². The van der Waals surface area contributed by atoms with Gasteiger partial charge in [0.2, 0.25) is 0 Å². The molecule has 17 heavy (non-hydrogen) atoms. The monoisotopic (exact) mass is 222 g/mol. The van der Waals surface area contributed by atoms with Crippen molar-refractivity contribution in [3.05, 3.63) is 66.5 Å². The summed E-state index contributed by atoms with van der Waals surface area (Å²) in [4.78, 5) is 6.54. The first-order valence-electron chi connectivity index (χ1n) is 5.84. The van der Waals surface area contributed by atoms with E-state index in [0.29, 0.717) is 5.92 Å². The normalized spacial score (nSPS) is 17.9. The first-order chi connectivity index (χ1) is 8.36. The van der Waals surface area contributed by atoms with Crippen LogP contribution in [0.2, 0.25) is 0 Å². The molecule has 0 N–H and O–H groups in total. The second kappa shape index (κ2) is 4.06. The van der Waals surface area contributed by atoms with E-state index in [1.807, 2.05) is 24.4 Å². The predicted molar refractivity (Wildman–Crippen MR) is 70.4 cm³/mol. The van der Waals surface area contributed by atoms with Gasteiger partial charge in [-0.3, -0.25) is 0 Å². The van der Waals surface area contributed by atoms with Crippen LogP contribution in [0.25, 0.3) is 0 Å². The molecule has 2 aromatic rings. The van der Waals surface area contributed by atoms with Crippen LogP contribution < -0.4 is 4.90 Å². The lowest BCUT2D eigenvalue weighted by Crippen LogP contribution is -2.16. The summed E-state index contributed by atoms with van der Waals surface area (Å²) in [5, 5.41) is 0. The topological polar surface area (TPSA) is 16.1 Å². The molecule has 2 heterocycles. The summed E-state index contributed by atoms with van der Waals surface area (Å²) in [5.41, 5.74) is 2.57. The van der Waals surface area contributed by atoms with E-state index in [1.54, 1.807) is 0 Å². The highest BCUT2D eigenvalue weighted by Crippen LogP contribution is 2.36. The summed E-state index contributed by atoms with van der Waals surface area (Å²) < 4.78 is 0. The highest BCUT2D eigenvalue weighted by Gasteiger charge is 2.18. The quantitative estimate of drug-likeness (QED) is 0.728. The summed E-state index contributed by atoms with van der Waals surface area (Å²) in [5.74, 6) is 1.43. The van der Waals surface area contributed by atoms with Gasteiger partial charge in [0.05, 0.1) is 5.69 Å². The van der Waals surface area contributed by atoms with Crippen LogP contribution in [0.5, 0.6) is 0 Å². The van der Waals surface area contributed by atoms with Gasteiger partial charge in [-0.05, 0) is 23.8 Å². The van der Waals surface area contributed by atoms with E-state index in [9.17, 15) is 0 Å².